The molecule has 244 valence electrons. The maximum Gasteiger partial charge on any atom is 1.00 e. The smallest absolute Gasteiger partial charge is 0.780 e. The first-order valence-electron chi connectivity index (χ1n) is 14.9. The van der Waals surface area contributed by atoms with Crippen molar-refractivity contribution in [2.24, 2.45) is 0 Å². The summed E-state index contributed by atoms with van der Waals surface area (Å²) in [6.07, 6.45) is 2.50. The topological polar surface area (TPSA) is 177 Å². The fraction of sp³-hybridized carbons (Fsp3) is 0.250. The Morgan fingerprint density at radius 3 is 2.47 bits per heavy atom. The number of carbonyl (C=O) groups is 3. The molecule has 3 aromatic carbocycles. The van der Waals surface area contributed by atoms with Crippen molar-refractivity contribution >= 4 is 36.6 Å². The van der Waals surface area contributed by atoms with Gasteiger partial charge >= 0.3 is 65.1 Å². The van der Waals surface area contributed by atoms with Crippen LogP contribution in [0.3, 0.4) is 0 Å². The Bertz CT molecular complexity index is 1840. The summed E-state index contributed by atoms with van der Waals surface area (Å²) in [5.41, 5.74) is 3.06. The number of amides is 4. The molecule has 2 saturated heterocycles. The number of aromatic amines is 1. The van der Waals surface area contributed by atoms with E-state index in [1.165, 1.54) is 34.2 Å². The van der Waals surface area contributed by atoms with Crippen molar-refractivity contribution in [1.82, 2.24) is 35.3 Å². The Balaban J connectivity index is 0.00000270. The van der Waals surface area contributed by atoms with Crippen molar-refractivity contribution in [2.75, 3.05) is 19.6 Å². The van der Waals surface area contributed by atoms with Gasteiger partial charge in [-0.2, -0.15) is 5.10 Å². The number of H-pyrrole nitrogens is 1. The van der Waals surface area contributed by atoms with Crippen LogP contribution in [0.2, 0.25) is 0 Å². The summed E-state index contributed by atoms with van der Waals surface area (Å²) in [4.78, 5) is 67.2. The van der Waals surface area contributed by atoms with E-state index in [4.69, 9.17) is 0 Å². The SMILES string of the molecule is C=CCN1CC(=O)N2[C@@H](Cc3ccc(OP(=O)([O-])[O-])cc3)C(=O)N(Cc3cccc4cn[nH]c34)C[C@@H]2N1C(=O)NCc1ccccc1.[Na+].[Na+]. The van der Waals surface area contributed by atoms with Crippen LogP contribution in [0.25, 0.3) is 10.9 Å². The number of nitrogens with zero attached hydrogens (tertiary/aromatic N) is 5. The molecule has 0 radical (unpaired) electrons. The summed E-state index contributed by atoms with van der Waals surface area (Å²) in [6.45, 7) is 4.34. The Hall–Kier alpha value is -3.01. The molecular weight excluding hydrogens is 671 g/mol. The molecule has 49 heavy (non-hydrogen) atoms. The zero-order valence-corrected chi connectivity index (χ0v) is 32.1. The maximum atomic E-state index is 14.3. The molecule has 4 aromatic rings. The second kappa shape index (κ2) is 16.8. The number of hydrogen-bond acceptors (Lipinski definition) is 9. The summed E-state index contributed by atoms with van der Waals surface area (Å²) >= 11 is 0. The van der Waals surface area contributed by atoms with Crippen molar-refractivity contribution < 1.29 is 92.4 Å². The number of para-hydroxylation sites is 1. The van der Waals surface area contributed by atoms with Crippen LogP contribution < -0.4 is 78.7 Å². The first-order valence-corrected chi connectivity index (χ1v) is 16.4. The van der Waals surface area contributed by atoms with E-state index in [0.29, 0.717) is 5.56 Å². The molecule has 2 atom stereocenters. The number of nitrogens with one attached hydrogen (secondary N) is 2. The minimum atomic E-state index is -5.26. The monoisotopic (exact) mass is 703 g/mol. The number of aromatic nitrogens is 2. The van der Waals surface area contributed by atoms with Crippen LogP contribution in [-0.4, -0.2) is 79.7 Å². The normalized spacial score (nSPS) is 18.0. The molecular formula is C32H32N7Na2O7P. The van der Waals surface area contributed by atoms with Crippen LogP contribution in [0.4, 0.5) is 4.79 Å². The molecule has 0 spiro atoms. The Labute approximate surface area is 327 Å². The van der Waals surface area contributed by atoms with Crippen molar-refractivity contribution in [1.29, 1.82) is 0 Å². The number of hydrazine groups is 1. The molecule has 14 nitrogen and oxygen atoms in total. The van der Waals surface area contributed by atoms with Crippen molar-refractivity contribution in [3.63, 3.8) is 0 Å². The summed E-state index contributed by atoms with van der Waals surface area (Å²) in [7, 11) is -5.26. The van der Waals surface area contributed by atoms with Crippen LogP contribution in [0.15, 0.2) is 91.6 Å². The van der Waals surface area contributed by atoms with E-state index in [-0.39, 0.29) is 116 Å². The van der Waals surface area contributed by atoms with Gasteiger partial charge in [0.2, 0.25) is 11.8 Å². The number of fused-ring (bicyclic) bond motifs is 2. The molecule has 2 fully saturated rings. The molecule has 4 amide bonds. The van der Waals surface area contributed by atoms with Gasteiger partial charge in [0.15, 0.2) is 0 Å². The molecule has 0 bridgehead atoms. The van der Waals surface area contributed by atoms with Crippen molar-refractivity contribution in [2.45, 2.75) is 31.7 Å². The first kappa shape index (κ1) is 38.8. The first-order chi connectivity index (χ1) is 22.6. The van der Waals surface area contributed by atoms with E-state index in [2.05, 4.69) is 26.6 Å². The van der Waals surface area contributed by atoms with E-state index < -0.39 is 26.1 Å². The van der Waals surface area contributed by atoms with E-state index in [0.717, 1.165) is 22.0 Å². The molecule has 0 aliphatic carbocycles. The van der Waals surface area contributed by atoms with Gasteiger partial charge in [-0.25, -0.2) is 14.8 Å². The van der Waals surface area contributed by atoms with Gasteiger partial charge in [-0.05, 0) is 28.8 Å². The number of benzene rings is 3. The molecule has 2 aliphatic heterocycles. The molecule has 2 aliphatic rings. The van der Waals surface area contributed by atoms with Crippen molar-refractivity contribution in [3.05, 3.63) is 108 Å². The van der Waals surface area contributed by atoms with Gasteiger partial charge in [-0.3, -0.25) is 14.7 Å². The number of hydrogen-bond donors (Lipinski definition) is 2. The Kier molecular flexibility index (Phi) is 13.3. The fourth-order valence-electron chi connectivity index (χ4n) is 6.10. The summed E-state index contributed by atoms with van der Waals surface area (Å²) in [5.74, 6) is -0.826. The standard InChI is InChI=1S/C32H34N7O7P.2Na/c1-2-15-37-21-29(40)38-27(16-22-11-13-26(14-12-22)46-47(43,44)45)31(41)36(19-25-10-6-9-24-18-34-35-30(24)25)20-28(38)39(37)32(42)33-17-23-7-4-3-5-8-23;;/h2-14,18,27-28H,1,15-17,19-21H2,(H,33,42)(H,34,35)(H2,43,44,45);;/q;2*+1/p-2/t27-,28-;;/m0../s1. The maximum absolute atomic E-state index is 14.3. The van der Waals surface area contributed by atoms with Gasteiger partial charge < -0.3 is 34.0 Å². The molecule has 0 unspecified atom stereocenters. The largest absolute Gasteiger partial charge is 1.00 e. The van der Waals surface area contributed by atoms with Gasteiger partial charge in [0, 0.05) is 31.4 Å². The number of urea groups is 1. The number of rotatable bonds is 10. The molecule has 0 saturated carbocycles. The molecule has 6 rings (SSSR count). The third kappa shape index (κ3) is 9.02. The number of phosphoric ester groups is 1. The van der Waals surface area contributed by atoms with Gasteiger partial charge in [0.25, 0.3) is 0 Å². The van der Waals surface area contributed by atoms with Crippen LogP contribution in [0, 0.1) is 0 Å². The molecule has 2 N–H and O–H groups in total. The zero-order chi connectivity index (χ0) is 33.1. The van der Waals surface area contributed by atoms with Crippen molar-refractivity contribution in [3.8, 4) is 5.75 Å². The average Bonchev–Trinajstić information content (AvgIpc) is 3.53. The minimum Gasteiger partial charge on any atom is -0.780 e. The molecule has 17 heteroatoms. The van der Waals surface area contributed by atoms with Crippen LogP contribution >= 0.6 is 7.82 Å². The summed E-state index contributed by atoms with van der Waals surface area (Å²) in [5, 5.41) is 14.1. The zero-order valence-electron chi connectivity index (χ0n) is 27.2. The summed E-state index contributed by atoms with van der Waals surface area (Å²) < 4.78 is 15.5. The number of piperazine rings is 1. The van der Waals surface area contributed by atoms with Crippen LogP contribution in [-0.2, 0) is 33.7 Å². The molecule has 3 heterocycles. The fourth-order valence-corrected chi connectivity index (χ4v) is 6.48. The second-order valence-electron chi connectivity index (χ2n) is 11.3. The average molecular weight is 704 g/mol. The Morgan fingerprint density at radius 1 is 1.04 bits per heavy atom. The molecule has 1 aromatic heterocycles. The van der Waals surface area contributed by atoms with E-state index >= 15 is 0 Å². The predicted octanol–water partition coefficient (Wildman–Crippen LogP) is -4.48. The van der Waals surface area contributed by atoms with E-state index in [9.17, 15) is 28.7 Å². The number of carbonyl (C=O) groups excluding carboxylic acids is 3. The van der Waals surface area contributed by atoms with Crippen LogP contribution in [0.5, 0.6) is 5.75 Å². The number of phosphoric acid groups is 1. The minimum absolute atomic E-state index is 0. The van der Waals surface area contributed by atoms with E-state index in [1.54, 1.807) is 22.2 Å². The third-order valence-corrected chi connectivity index (χ3v) is 8.59. The quantitative estimate of drug-likeness (QED) is 0.0937. The van der Waals surface area contributed by atoms with Gasteiger partial charge in [-0.1, -0.05) is 66.7 Å². The second-order valence-corrected chi connectivity index (χ2v) is 12.4. The third-order valence-electron chi connectivity index (χ3n) is 8.16. The van der Waals surface area contributed by atoms with Crippen LogP contribution in [0.1, 0.15) is 16.7 Å². The predicted molar refractivity (Wildman–Crippen MR) is 167 cm³/mol. The van der Waals surface area contributed by atoms with Gasteiger partial charge in [0.05, 0.1) is 24.8 Å². The Morgan fingerprint density at radius 2 is 1.78 bits per heavy atom. The summed E-state index contributed by atoms with van der Waals surface area (Å²) in [6, 6.07) is 19.3. The van der Waals surface area contributed by atoms with Gasteiger partial charge in [0.1, 0.15) is 25.8 Å². The van der Waals surface area contributed by atoms with E-state index in [1.807, 2.05) is 48.5 Å². The van der Waals surface area contributed by atoms with Gasteiger partial charge in [-0.15, -0.1) is 6.58 Å².